The van der Waals surface area contributed by atoms with Crippen molar-refractivity contribution in [3.8, 4) is 17.4 Å². The molecule has 0 bridgehead atoms. The van der Waals surface area contributed by atoms with Crippen LogP contribution in [-0.2, 0) is 6.54 Å². The van der Waals surface area contributed by atoms with E-state index >= 15 is 0 Å². The molecule has 2 heterocycles. The minimum atomic E-state index is 0.299. The molecule has 2 aromatic rings. The van der Waals surface area contributed by atoms with E-state index in [0.29, 0.717) is 24.4 Å². The fourth-order valence-corrected chi connectivity index (χ4v) is 3.79. The van der Waals surface area contributed by atoms with Crippen LogP contribution in [0.3, 0.4) is 0 Å². The summed E-state index contributed by atoms with van der Waals surface area (Å²) in [5.41, 5.74) is 2.22. The first-order valence-electron chi connectivity index (χ1n) is 11.2. The molecular weight excluding hydrogens is 406 g/mol. The van der Waals surface area contributed by atoms with E-state index in [9.17, 15) is 0 Å². The van der Waals surface area contributed by atoms with Gasteiger partial charge in [0.15, 0.2) is 5.96 Å². The van der Waals surface area contributed by atoms with Crippen molar-refractivity contribution < 1.29 is 14.2 Å². The zero-order chi connectivity index (χ0) is 22.3. The number of nitrogens with zero attached hydrogens (tertiary/aromatic N) is 3. The maximum atomic E-state index is 5.79. The van der Waals surface area contributed by atoms with Gasteiger partial charge in [-0.05, 0) is 36.8 Å². The smallest absolute Gasteiger partial charge is 0.213 e. The second kappa shape index (κ2) is 10.4. The van der Waals surface area contributed by atoms with Crippen LogP contribution < -0.4 is 29.7 Å². The first-order valence-corrected chi connectivity index (χ1v) is 11.2. The van der Waals surface area contributed by atoms with E-state index in [1.165, 1.54) is 12.8 Å². The van der Waals surface area contributed by atoms with E-state index in [1.807, 2.05) is 30.3 Å². The molecule has 0 spiro atoms. The van der Waals surface area contributed by atoms with E-state index in [2.05, 4.69) is 25.5 Å². The molecule has 1 aliphatic heterocycles. The molecule has 1 aliphatic carbocycles. The predicted octanol–water partition coefficient (Wildman–Crippen LogP) is 2.83. The number of nitrogens with one attached hydrogen (secondary N) is 2. The minimum Gasteiger partial charge on any atom is -0.497 e. The molecule has 172 valence electrons. The van der Waals surface area contributed by atoms with Crippen molar-refractivity contribution in [2.24, 2.45) is 10.9 Å². The maximum absolute atomic E-state index is 5.79. The van der Waals surface area contributed by atoms with Crippen LogP contribution in [0, 0.1) is 5.92 Å². The normalized spacial score (nSPS) is 18.4. The lowest BCUT2D eigenvalue weighted by molar-refractivity contribution is 0.288. The molecule has 4 rings (SSSR count). The van der Waals surface area contributed by atoms with Gasteiger partial charge >= 0.3 is 0 Å². The summed E-state index contributed by atoms with van der Waals surface area (Å²) in [5, 5.41) is 6.95. The molecule has 1 aromatic carbocycles. The highest BCUT2D eigenvalue weighted by Crippen LogP contribution is 2.31. The van der Waals surface area contributed by atoms with Gasteiger partial charge in [-0.25, -0.2) is 4.98 Å². The topological polar surface area (TPSA) is 80.2 Å². The summed E-state index contributed by atoms with van der Waals surface area (Å²) < 4.78 is 16.6. The highest BCUT2D eigenvalue weighted by Gasteiger charge is 2.24. The van der Waals surface area contributed by atoms with Crippen molar-refractivity contribution in [2.45, 2.75) is 31.8 Å². The van der Waals surface area contributed by atoms with Crippen LogP contribution >= 0.6 is 0 Å². The first kappa shape index (κ1) is 22.0. The number of aliphatic imine (C=N–C) groups is 1. The summed E-state index contributed by atoms with van der Waals surface area (Å²) in [7, 11) is 5.15. The highest BCUT2D eigenvalue weighted by molar-refractivity contribution is 5.80. The van der Waals surface area contributed by atoms with E-state index in [0.717, 1.165) is 54.8 Å². The van der Waals surface area contributed by atoms with Crippen LogP contribution in [0.4, 0.5) is 5.69 Å². The van der Waals surface area contributed by atoms with Crippen molar-refractivity contribution in [1.29, 1.82) is 0 Å². The molecule has 0 radical (unpaired) electrons. The van der Waals surface area contributed by atoms with Crippen LogP contribution in [0.25, 0.3) is 0 Å². The Morgan fingerprint density at radius 3 is 2.59 bits per heavy atom. The monoisotopic (exact) mass is 439 g/mol. The minimum absolute atomic E-state index is 0.299. The van der Waals surface area contributed by atoms with Crippen LogP contribution in [0.5, 0.6) is 17.4 Å². The average Bonchev–Trinajstić information content (AvgIpc) is 3.55. The number of hydrogen-bond acceptors (Lipinski definition) is 6. The number of benzene rings is 1. The number of guanidine groups is 1. The Kier molecular flexibility index (Phi) is 7.19. The fourth-order valence-electron chi connectivity index (χ4n) is 3.79. The Morgan fingerprint density at radius 1 is 1.12 bits per heavy atom. The molecule has 2 aliphatic rings. The number of aromatic nitrogens is 1. The molecule has 32 heavy (non-hydrogen) atoms. The first-order chi connectivity index (χ1) is 15.7. The number of ether oxygens (including phenoxy) is 3. The van der Waals surface area contributed by atoms with E-state index < -0.39 is 0 Å². The second-order valence-electron chi connectivity index (χ2n) is 8.33. The van der Waals surface area contributed by atoms with Gasteiger partial charge < -0.3 is 29.7 Å². The van der Waals surface area contributed by atoms with E-state index in [1.54, 1.807) is 27.5 Å². The van der Waals surface area contributed by atoms with Crippen molar-refractivity contribution in [3.63, 3.8) is 0 Å². The highest BCUT2D eigenvalue weighted by atomic mass is 16.5. The largest absolute Gasteiger partial charge is 0.497 e. The maximum Gasteiger partial charge on any atom is 0.213 e. The molecule has 1 saturated heterocycles. The Labute approximate surface area is 190 Å². The number of rotatable bonds is 9. The molecule has 1 saturated carbocycles. The molecule has 8 nitrogen and oxygen atoms in total. The molecule has 1 atom stereocenters. The SMILES string of the molecule is CN=C(NCc1ccnc(OCC2CC2)c1)NC1CCN(c2cc(OC)cc(OC)c2)C1. The van der Waals surface area contributed by atoms with Crippen molar-refractivity contribution in [1.82, 2.24) is 15.6 Å². The lowest BCUT2D eigenvalue weighted by atomic mass is 10.2. The van der Waals surface area contributed by atoms with Gasteiger partial charge in [0, 0.05) is 68.9 Å². The second-order valence-corrected chi connectivity index (χ2v) is 8.33. The van der Waals surface area contributed by atoms with Gasteiger partial charge in [0.2, 0.25) is 5.88 Å². The molecule has 0 amide bonds. The van der Waals surface area contributed by atoms with Crippen LogP contribution in [0.2, 0.25) is 0 Å². The Bertz CT molecular complexity index is 909. The summed E-state index contributed by atoms with van der Waals surface area (Å²) in [4.78, 5) is 11.0. The molecule has 8 heteroatoms. The lowest BCUT2D eigenvalue weighted by Gasteiger charge is -2.21. The van der Waals surface area contributed by atoms with Crippen molar-refractivity contribution in [2.75, 3.05) is 45.9 Å². The van der Waals surface area contributed by atoms with Gasteiger partial charge in [0.1, 0.15) is 11.5 Å². The molecule has 1 aromatic heterocycles. The van der Waals surface area contributed by atoms with Crippen LogP contribution in [0.1, 0.15) is 24.8 Å². The van der Waals surface area contributed by atoms with Crippen LogP contribution in [-0.4, -0.2) is 57.9 Å². The number of methoxy groups -OCH3 is 2. The van der Waals surface area contributed by atoms with Gasteiger partial charge in [-0.1, -0.05) is 0 Å². The zero-order valence-corrected chi connectivity index (χ0v) is 19.1. The summed E-state index contributed by atoms with van der Waals surface area (Å²) in [6.45, 7) is 3.26. The van der Waals surface area contributed by atoms with Gasteiger partial charge in [0.05, 0.1) is 20.8 Å². The third-order valence-electron chi connectivity index (χ3n) is 5.88. The molecule has 1 unspecified atom stereocenters. The lowest BCUT2D eigenvalue weighted by Crippen LogP contribution is -2.44. The Hall–Kier alpha value is -3.16. The van der Waals surface area contributed by atoms with Gasteiger partial charge in [-0.3, -0.25) is 4.99 Å². The summed E-state index contributed by atoms with van der Waals surface area (Å²) in [6.07, 6.45) is 5.36. The summed E-state index contributed by atoms with van der Waals surface area (Å²) in [5.74, 6) is 3.79. The quantitative estimate of drug-likeness (QED) is 0.459. The Morgan fingerprint density at radius 2 is 1.91 bits per heavy atom. The van der Waals surface area contributed by atoms with Crippen molar-refractivity contribution in [3.05, 3.63) is 42.1 Å². The fraction of sp³-hybridized carbons (Fsp3) is 0.500. The van der Waals surface area contributed by atoms with Gasteiger partial charge in [-0.15, -0.1) is 0 Å². The number of anilines is 1. The average molecular weight is 440 g/mol. The standard InChI is InChI=1S/C24H33N5O3/c1-25-24(27-14-18-6-8-26-23(10-18)32-16-17-4-5-17)28-19-7-9-29(15-19)20-11-21(30-2)13-22(12-20)31-3/h6,8,10-13,17,19H,4-5,7,9,14-16H2,1-3H3,(H2,25,27,28). The number of hydrogen-bond donors (Lipinski definition) is 2. The third-order valence-corrected chi connectivity index (χ3v) is 5.88. The zero-order valence-electron chi connectivity index (χ0n) is 19.1. The molecule has 2 N–H and O–H groups in total. The van der Waals surface area contributed by atoms with E-state index in [4.69, 9.17) is 14.2 Å². The van der Waals surface area contributed by atoms with Crippen LogP contribution in [0.15, 0.2) is 41.5 Å². The molecular formula is C24H33N5O3. The van der Waals surface area contributed by atoms with Gasteiger partial charge in [0.25, 0.3) is 0 Å². The Balaban J connectivity index is 1.29. The van der Waals surface area contributed by atoms with Crippen molar-refractivity contribution >= 4 is 11.6 Å². The molecule has 2 fully saturated rings. The summed E-state index contributed by atoms with van der Waals surface area (Å²) in [6, 6.07) is 10.3. The summed E-state index contributed by atoms with van der Waals surface area (Å²) >= 11 is 0. The predicted molar refractivity (Wildman–Crippen MR) is 126 cm³/mol. The van der Waals surface area contributed by atoms with Gasteiger partial charge in [-0.2, -0.15) is 0 Å². The third kappa shape index (κ3) is 5.96. The number of pyridine rings is 1. The van der Waals surface area contributed by atoms with E-state index in [-0.39, 0.29) is 0 Å².